The van der Waals surface area contributed by atoms with Crippen molar-refractivity contribution >= 4 is 9.84 Å². The van der Waals surface area contributed by atoms with Crippen LogP contribution < -0.4 is 0 Å². The van der Waals surface area contributed by atoms with Gasteiger partial charge in [-0.15, -0.1) is 0 Å². The van der Waals surface area contributed by atoms with Gasteiger partial charge in [0.2, 0.25) is 0 Å². The van der Waals surface area contributed by atoms with Crippen molar-refractivity contribution in [3.8, 4) is 0 Å². The quantitative estimate of drug-likeness (QED) is 0.668. The standard InChI is InChI=1S/C8H15O3S/c9-5-1-3-8-4-2-6-12(10,11)7-8/h8H,1-7H2. The molecule has 0 amide bonds. The molecule has 1 heterocycles. The van der Waals surface area contributed by atoms with Crippen LogP contribution in [0.25, 0.3) is 0 Å². The molecule has 12 heavy (non-hydrogen) atoms. The molecule has 1 aliphatic heterocycles. The first-order valence-corrected chi connectivity index (χ1v) is 6.25. The van der Waals surface area contributed by atoms with Gasteiger partial charge in [-0.1, -0.05) is 0 Å². The molecule has 1 radical (unpaired) electrons. The molecule has 0 N–H and O–H groups in total. The van der Waals surface area contributed by atoms with E-state index in [9.17, 15) is 13.5 Å². The average molecular weight is 191 g/mol. The van der Waals surface area contributed by atoms with Crippen molar-refractivity contribution in [2.75, 3.05) is 18.1 Å². The second-order valence-corrected chi connectivity index (χ2v) is 5.70. The molecule has 4 heteroatoms. The average Bonchev–Trinajstić information content (AvgIpc) is 1.99. The minimum Gasteiger partial charge on any atom is -0.237 e. The van der Waals surface area contributed by atoms with Crippen LogP contribution in [-0.2, 0) is 14.9 Å². The van der Waals surface area contributed by atoms with Crippen LogP contribution in [0.3, 0.4) is 0 Å². The summed E-state index contributed by atoms with van der Waals surface area (Å²) >= 11 is 0. The lowest BCUT2D eigenvalue weighted by Crippen LogP contribution is -2.25. The SMILES string of the molecule is [O]CCCC1CCCS(=O)(=O)C1. The molecule has 0 aromatic carbocycles. The van der Waals surface area contributed by atoms with Crippen LogP contribution in [0.5, 0.6) is 0 Å². The molecule has 0 aromatic heterocycles. The molecule has 1 rings (SSSR count). The van der Waals surface area contributed by atoms with Crippen LogP contribution in [0, 0.1) is 5.92 Å². The monoisotopic (exact) mass is 191 g/mol. The number of hydrogen-bond donors (Lipinski definition) is 0. The van der Waals surface area contributed by atoms with E-state index in [-0.39, 0.29) is 12.5 Å². The minimum atomic E-state index is -2.76. The van der Waals surface area contributed by atoms with Gasteiger partial charge in [-0.3, -0.25) is 0 Å². The summed E-state index contributed by atoms with van der Waals surface area (Å²) in [5.74, 6) is 0.922. The van der Waals surface area contributed by atoms with Gasteiger partial charge in [0.25, 0.3) is 0 Å². The van der Waals surface area contributed by atoms with Gasteiger partial charge in [0, 0.05) is 0 Å². The molecule has 0 spiro atoms. The molecule has 1 aliphatic rings. The van der Waals surface area contributed by atoms with E-state index in [1.807, 2.05) is 0 Å². The maximum atomic E-state index is 11.1. The zero-order chi connectivity index (χ0) is 9.03. The van der Waals surface area contributed by atoms with Crippen molar-refractivity contribution in [2.24, 2.45) is 5.92 Å². The van der Waals surface area contributed by atoms with Gasteiger partial charge >= 0.3 is 0 Å². The van der Waals surface area contributed by atoms with Crippen LogP contribution >= 0.6 is 0 Å². The second-order valence-electron chi connectivity index (χ2n) is 3.47. The molecule has 71 valence electrons. The third-order valence-electron chi connectivity index (χ3n) is 2.31. The van der Waals surface area contributed by atoms with E-state index in [1.165, 1.54) is 0 Å². The van der Waals surface area contributed by atoms with Gasteiger partial charge in [0.15, 0.2) is 9.84 Å². The van der Waals surface area contributed by atoms with Crippen molar-refractivity contribution in [3.05, 3.63) is 0 Å². The fourth-order valence-corrected chi connectivity index (χ4v) is 3.54. The Bertz CT molecular complexity index is 220. The number of hydrogen-bond acceptors (Lipinski definition) is 2. The summed E-state index contributed by atoms with van der Waals surface area (Å²) in [6.45, 7) is -0.0729. The molecule has 1 fully saturated rings. The highest BCUT2D eigenvalue weighted by Crippen LogP contribution is 2.22. The van der Waals surface area contributed by atoms with Gasteiger partial charge in [-0.2, -0.15) is 0 Å². The Morgan fingerprint density at radius 2 is 2.08 bits per heavy atom. The van der Waals surface area contributed by atoms with E-state index in [4.69, 9.17) is 0 Å². The first-order valence-electron chi connectivity index (χ1n) is 4.42. The fraction of sp³-hybridized carbons (Fsp3) is 1.00. The number of rotatable bonds is 3. The van der Waals surface area contributed by atoms with Gasteiger partial charge in [0.05, 0.1) is 18.1 Å². The van der Waals surface area contributed by atoms with Gasteiger partial charge < -0.3 is 0 Å². The zero-order valence-corrected chi connectivity index (χ0v) is 7.98. The van der Waals surface area contributed by atoms with Crippen molar-refractivity contribution in [3.63, 3.8) is 0 Å². The van der Waals surface area contributed by atoms with E-state index < -0.39 is 9.84 Å². The van der Waals surface area contributed by atoms with Gasteiger partial charge in [-0.05, 0) is 31.6 Å². The Kier molecular flexibility index (Phi) is 3.53. The first kappa shape index (κ1) is 9.99. The van der Waals surface area contributed by atoms with Crippen LogP contribution in [0.15, 0.2) is 0 Å². The maximum absolute atomic E-state index is 11.1. The zero-order valence-electron chi connectivity index (χ0n) is 7.16. The Morgan fingerprint density at radius 3 is 2.67 bits per heavy atom. The summed E-state index contributed by atoms with van der Waals surface area (Å²) in [4.78, 5) is 0. The lowest BCUT2D eigenvalue weighted by Gasteiger charge is -2.20. The normalized spacial score (nSPS) is 28.6. The molecule has 0 saturated carbocycles. The largest absolute Gasteiger partial charge is 0.237 e. The van der Waals surface area contributed by atoms with Gasteiger partial charge in [-0.25, -0.2) is 13.5 Å². The predicted octanol–water partition coefficient (Wildman–Crippen LogP) is 1.02. The lowest BCUT2D eigenvalue weighted by atomic mass is 10.00. The number of sulfone groups is 1. The van der Waals surface area contributed by atoms with Crippen molar-refractivity contribution in [2.45, 2.75) is 25.7 Å². The molecule has 3 nitrogen and oxygen atoms in total. The second kappa shape index (κ2) is 4.23. The molecule has 1 saturated heterocycles. The molecule has 1 atom stereocenters. The van der Waals surface area contributed by atoms with Gasteiger partial charge in [0.1, 0.15) is 0 Å². The topological polar surface area (TPSA) is 54.0 Å². The Morgan fingerprint density at radius 1 is 1.33 bits per heavy atom. The van der Waals surface area contributed by atoms with Crippen LogP contribution in [0.2, 0.25) is 0 Å². The molecule has 1 unspecified atom stereocenters. The Balaban J connectivity index is 2.36. The maximum Gasteiger partial charge on any atom is 0.150 e. The Labute approximate surface area is 73.7 Å². The van der Waals surface area contributed by atoms with E-state index in [0.29, 0.717) is 17.9 Å². The fourth-order valence-electron chi connectivity index (χ4n) is 1.72. The Hall–Kier alpha value is -0.0900. The summed E-state index contributed by atoms with van der Waals surface area (Å²) in [5, 5.41) is 10.2. The third kappa shape index (κ3) is 3.11. The van der Waals surface area contributed by atoms with E-state index >= 15 is 0 Å². The van der Waals surface area contributed by atoms with Crippen molar-refractivity contribution < 1.29 is 13.5 Å². The minimum absolute atomic E-state index is 0.0729. The summed E-state index contributed by atoms with van der Waals surface area (Å²) < 4.78 is 22.3. The van der Waals surface area contributed by atoms with E-state index in [2.05, 4.69) is 0 Å². The molecule has 0 aromatic rings. The smallest absolute Gasteiger partial charge is 0.150 e. The van der Waals surface area contributed by atoms with Crippen LogP contribution in [-0.4, -0.2) is 26.5 Å². The molecule has 0 bridgehead atoms. The van der Waals surface area contributed by atoms with Crippen LogP contribution in [0.1, 0.15) is 25.7 Å². The lowest BCUT2D eigenvalue weighted by molar-refractivity contribution is 0.180. The van der Waals surface area contributed by atoms with Crippen LogP contribution in [0.4, 0.5) is 0 Å². The highest BCUT2D eigenvalue weighted by molar-refractivity contribution is 7.91. The third-order valence-corrected chi connectivity index (χ3v) is 4.20. The first-order chi connectivity index (χ1) is 5.64. The van der Waals surface area contributed by atoms with E-state index in [0.717, 1.165) is 19.3 Å². The summed E-state index contributed by atoms with van der Waals surface area (Å²) in [5.41, 5.74) is 0. The predicted molar refractivity (Wildman–Crippen MR) is 46.2 cm³/mol. The molecule has 0 aliphatic carbocycles. The highest BCUT2D eigenvalue weighted by atomic mass is 32.2. The molecular formula is C8H15O3S. The molecular weight excluding hydrogens is 176 g/mol. The highest BCUT2D eigenvalue weighted by Gasteiger charge is 2.23. The summed E-state index contributed by atoms with van der Waals surface area (Å²) in [6.07, 6.45) is 3.19. The summed E-state index contributed by atoms with van der Waals surface area (Å²) in [7, 11) is -2.76. The van der Waals surface area contributed by atoms with Crippen molar-refractivity contribution in [1.29, 1.82) is 0 Å². The summed E-state index contributed by atoms with van der Waals surface area (Å²) in [6, 6.07) is 0. The van der Waals surface area contributed by atoms with E-state index in [1.54, 1.807) is 0 Å². The van der Waals surface area contributed by atoms with Crippen molar-refractivity contribution in [1.82, 2.24) is 0 Å².